The van der Waals surface area contributed by atoms with Crippen LogP contribution in [0.3, 0.4) is 0 Å². The summed E-state index contributed by atoms with van der Waals surface area (Å²) in [6.07, 6.45) is 0.640. The quantitative estimate of drug-likeness (QED) is 0.265. The molecule has 0 spiro atoms. The molecule has 4 heteroatoms. The van der Waals surface area contributed by atoms with Crippen molar-refractivity contribution in [2.24, 2.45) is 0 Å². The summed E-state index contributed by atoms with van der Waals surface area (Å²) in [5.74, 6) is 0.816. The second-order valence-corrected chi connectivity index (χ2v) is 9.64. The minimum absolute atomic E-state index is 0.640. The molecule has 0 aliphatic heterocycles. The fourth-order valence-electron chi connectivity index (χ4n) is 5.45. The highest BCUT2D eigenvalue weighted by Gasteiger charge is 2.21. The lowest BCUT2D eigenvalue weighted by Crippen LogP contribution is -1.97. The molecule has 4 aromatic carbocycles. The molecule has 7 rings (SSSR count). The number of pyridine rings is 1. The molecule has 7 aromatic rings. The third kappa shape index (κ3) is 3.78. The van der Waals surface area contributed by atoms with E-state index in [1.165, 1.54) is 38.8 Å². The van der Waals surface area contributed by atoms with Crippen LogP contribution in [0.25, 0.3) is 50.1 Å². The molecule has 0 aliphatic carbocycles. The zero-order valence-corrected chi connectivity index (χ0v) is 21.1. The van der Waals surface area contributed by atoms with E-state index in [2.05, 4.69) is 121 Å². The summed E-state index contributed by atoms with van der Waals surface area (Å²) < 4.78 is 1.93. The Labute approximate surface area is 221 Å². The molecule has 3 aromatic heterocycles. The first kappa shape index (κ1) is 22.3. The minimum Gasteiger partial charge on any atom is -0.354 e. The molecular formula is C34H26N4. The second kappa shape index (κ2) is 9.16. The van der Waals surface area contributed by atoms with Gasteiger partial charge in [-0.05, 0) is 52.9 Å². The molecule has 0 aliphatic rings. The van der Waals surface area contributed by atoms with Crippen molar-refractivity contribution < 1.29 is 0 Å². The van der Waals surface area contributed by atoms with Gasteiger partial charge in [0.25, 0.3) is 0 Å². The van der Waals surface area contributed by atoms with Crippen molar-refractivity contribution in [3.05, 3.63) is 138 Å². The third-order valence-corrected chi connectivity index (χ3v) is 7.18. The van der Waals surface area contributed by atoms with E-state index in [1.54, 1.807) is 0 Å². The SMILES string of the molecule is Cc1cccc2nc(Cc3ccc4[nH]c(-c5ccccc5)c(-c5ccccc5)c4c3-c3ccccc3)nn12. The highest BCUT2D eigenvalue weighted by molar-refractivity contribution is 6.11. The molecular weight excluding hydrogens is 464 g/mol. The highest BCUT2D eigenvalue weighted by atomic mass is 15.3. The number of aryl methyl sites for hydroxylation is 1. The van der Waals surface area contributed by atoms with Crippen LogP contribution in [0.2, 0.25) is 0 Å². The lowest BCUT2D eigenvalue weighted by atomic mass is 9.89. The summed E-state index contributed by atoms with van der Waals surface area (Å²) in [6, 6.07) is 42.5. The maximum Gasteiger partial charge on any atom is 0.156 e. The van der Waals surface area contributed by atoms with Crippen LogP contribution >= 0.6 is 0 Å². The lowest BCUT2D eigenvalue weighted by molar-refractivity contribution is 0.871. The molecule has 0 radical (unpaired) electrons. The highest BCUT2D eigenvalue weighted by Crippen LogP contribution is 2.44. The Kier molecular flexibility index (Phi) is 5.37. The Bertz CT molecular complexity index is 1880. The molecule has 0 unspecified atom stereocenters. The zero-order valence-electron chi connectivity index (χ0n) is 21.1. The summed E-state index contributed by atoms with van der Waals surface area (Å²) in [7, 11) is 0. The van der Waals surface area contributed by atoms with Crippen LogP contribution in [0.4, 0.5) is 0 Å². The predicted octanol–water partition coefficient (Wildman–Crippen LogP) is 8.11. The van der Waals surface area contributed by atoms with Crippen molar-refractivity contribution in [3.63, 3.8) is 0 Å². The van der Waals surface area contributed by atoms with Crippen LogP contribution in [0.1, 0.15) is 17.1 Å². The normalized spacial score (nSPS) is 11.4. The first-order valence-electron chi connectivity index (χ1n) is 12.9. The van der Waals surface area contributed by atoms with E-state index in [1.807, 2.05) is 16.6 Å². The largest absolute Gasteiger partial charge is 0.354 e. The van der Waals surface area contributed by atoms with Crippen molar-refractivity contribution in [1.82, 2.24) is 19.6 Å². The third-order valence-electron chi connectivity index (χ3n) is 7.18. The van der Waals surface area contributed by atoms with Crippen LogP contribution in [0, 0.1) is 6.92 Å². The van der Waals surface area contributed by atoms with Crippen molar-refractivity contribution >= 4 is 16.6 Å². The van der Waals surface area contributed by atoms with E-state index < -0.39 is 0 Å². The minimum atomic E-state index is 0.640. The van der Waals surface area contributed by atoms with Gasteiger partial charge in [-0.1, -0.05) is 103 Å². The summed E-state index contributed by atoms with van der Waals surface area (Å²) in [5.41, 5.74) is 11.4. The molecule has 0 atom stereocenters. The molecule has 182 valence electrons. The van der Waals surface area contributed by atoms with E-state index in [4.69, 9.17) is 10.1 Å². The topological polar surface area (TPSA) is 46.0 Å². The molecule has 1 N–H and O–H groups in total. The first-order chi connectivity index (χ1) is 18.8. The summed E-state index contributed by atoms with van der Waals surface area (Å²) in [5, 5.41) is 6.07. The number of hydrogen-bond donors (Lipinski definition) is 1. The number of H-pyrrole nitrogens is 1. The van der Waals surface area contributed by atoms with E-state index in [0.717, 1.165) is 28.4 Å². The lowest BCUT2D eigenvalue weighted by Gasteiger charge is -2.13. The average Bonchev–Trinajstić information content (AvgIpc) is 3.57. The first-order valence-corrected chi connectivity index (χ1v) is 12.9. The van der Waals surface area contributed by atoms with Gasteiger partial charge in [-0.15, -0.1) is 0 Å². The van der Waals surface area contributed by atoms with E-state index >= 15 is 0 Å². The maximum atomic E-state index is 4.86. The van der Waals surface area contributed by atoms with Crippen LogP contribution < -0.4 is 0 Å². The standard InChI is InChI=1S/C34H26N4/c1-23-12-11-19-30-36-29(37-38(23)30)22-27-20-21-28-33(31(27)24-13-5-2-6-14-24)32(25-15-7-3-8-16-25)34(35-28)26-17-9-4-10-18-26/h2-21,35H,22H2,1H3. The molecule has 38 heavy (non-hydrogen) atoms. The van der Waals surface area contributed by atoms with E-state index in [-0.39, 0.29) is 0 Å². The van der Waals surface area contributed by atoms with Gasteiger partial charge in [0.2, 0.25) is 0 Å². The molecule has 0 saturated heterocycles. The van der Waals surface area contributed by atoms with Crippen molar-refractivity contribution in [2.45, 2.75) is 13.3 Å². The Morgan fingerprint density at radius 3 is 1.92 bits per heavy atom. The molecule has 0 fully saturated rings. The Hall–Kier alpha value is -4.96. The van der Waals surface area contributed by atoms with Gasteiger partial charge in [-0.2, -0.15) is 5.10 Å². The van der Waals surface area contributed by atoms with Crippen molar-refractivity contribution in [3.8, 4) is 33.5 Å². The smallest absolute Gasteiger partial charge is 0.156 e. The summed E-state index contributed by atoms with van der Waals surface area (Å²) in [4.78, 5) is 8.63. The zero-order chi connectivity index (χ0) is 25.5. The predicted molar refractivity (Wildman–Crippen MR) is 155 cm³/mol. The number of hydrogen-bond acceptors (Lipinski definition) is 2. The Balaban J connectivity index is 1.52. The maximum absolute atomic E-state index is 4.86. The van der Waals surface area contributed by atoms with E-state index in [0.29, 0.717) is 6.42 Å². The number of benzene rings is 4. The van der Waals surface area contributed by atoms with Crippen LogP contribution in [0.15, 0.2) is 121 Å². The molecule has 3 heterocycles. The molecule has 4 nitrogen and oxygen atoms in total. The Morgan fingerprint density at radius 2 is 1.26 bits per heavy atom. The molecule has 0 amide bonds. The van der Waals surface area contributed by atoms with Gasteiger partial charge in [-0.25, -0.2) is 9.50 Å². The number of aromatic nitrogens is 4. The van der Waals surface area contributed by atoms with Gasteiger partial charge in [0.15, 0.2) is 11.5 Å². The van der Waals surface area contributed by atoms with Crippen molar-refractivity contribution in [2.75, 3.05) is 0 Å². The number of nitrogens with one attached hydrogen (secondary N) is 1. The molecule has 0 saturated carbocycles. The monoisotopic (exact) mass is 490 g/mol. The van der Waals surface area contributed by atoms with Gasteiger partial charge in [0.05, 0.1) is 5.69 Å². The van der Waals surface area contributed by atoms with Gasteiger partial charge in [0.1, 0.15) is 0 Å². The van der Waals surface area contributed by atoms with Crippen LogP contribution in [0.5, 0.6) is 0 Å². The fourth-order valence-corrected chi connectivity index (χ4v) is 5.45. The number of aromatic amines is 1. The average molecular weight is 491 g/mol. The van der Waals surface area contributed by atoms with E-state index in [9.17, 15) is 0 Å². The second-order valence-electron chi connectivity index (χ2n) is 9.64. The van der Waals surface area contributed by atoms with Gasteiger partial charge >= 0.3 is 0 Å². The summed E-state index contributed by atoms with van der Waals surface area (Å²) >= 11 is 0. The van der Waals surface area contributed by atoms with Crippen molar-refractivity contribution in [1.29, 1.82) is 0 Å². The van der Waals surface area contributed by atoms with Gasteiger partial charge in [0, 0.05) is 28.6 Å². The number of fused-ring (bicyclic) bond motifs is 2. The van der Waals surface area contributed by atoms with Gasteiger partial charge in [-0.3, -0.25) is 0 Å². The van der Waals surface area contributed by atoms with Crippen LogP contribution in [-0.4, -0.2) is 19.6 Å². The summed E-state index contributed by atoms with van der Waals surface area (Å²) in [6.45, 7) is 2.06. The van der Waals surface area contributed by atoms with Crippen LogP contribution in [-0.2, 0) is 6.42 Å². The Morgan fingerprint density at radius 1 is 0.632 bits per heavy atom. The number of rotatable bonds is 5. The number of nitrogens with zero attached hydrogens (tertiary/aromatic N) is 3. The molecule has 0 bridgehead atoms. The fraction of sp³-hybridized carbons (Fsp3) is 0.0588. The van der Waals surface area contributed by atoms with Gasteiger partial charge < -0.3 is 4.98 Å².